The summed E-state index contributed by atoms with van der Waals surface area (Å²) < 4.78 is 8.60. The molecule has 4 aromatic rings. The van der Waals surface area contributed by atoms with Crippen molar-refractivity contribution in [2.75, 3.05) is 13.2 Å². The van der Waals surface area contributed by atoms with Crippen LogP contribution in [0.2, 0.25) is 0 Å². The van der Waals surface area contributed by atoms with Crippen LogP contribution in [0.4, 0.5) is 0 Å². The maximum Gasteiger partial charge on any atom is 0.203 e. The second kappa shape index (κ2) is 8.66. The summed E-state index contributed by atoms with van der Waals surface area (Å²) in [7, 11) is 1.83. The molecule has 0 atom stereocenters. The van der Waals surface area contributed by atoms with Gasteiger partial charge in [-0.15, -0.1) is 0 Å². The zero-order valence-electron chi connectivity index (χ0n) is 16.3. The number of aryl methyl sites for hydroxylation is 1. The summed E-state index contributed by atoms with van der Waals surface area (Å²) >= 11 is 0. The molecule has 0 radical (unpaired) electrons. The molecule has 9 nitrogen and oxygen atoms in total. The van der Waals surface area contributed by atoms with Crippen LogP contribution in [-0.4, -0.2) is 47.8 Å². The third-order valence-corrected chi connectivity index (χ3v) is 4.38. The number of aliphatic hydroxyl groups is 1. The summed E-state index contributed by atoms with van der Waals surface area (Å²) in [6, 6.07) is 9.18. The number of aliphatic hydroxyl groups excluding tert-OH is 1. The first-order valence-electron chi connectivity index (χ1n) is 9.35. The van der Waals surface area contributed by atoms with Gasteiger partial charge < -0.3 is 9.84 Å². The monoisotopic (exact) mass is 404 g/mol. The minimum absolute atomic E-state index is 0.0696. The molecule has 3 heterocycles. The average molecular weight is 404 g/mol. The van der Waals surface area contributed by atoms with E-state index in [0.29, 0.717) is 23.7 Å². The van der Waals surface area contributed by atoms with Gasteiger partial charge >= 0.3 is 0 Å². The van der Waals surface area contributed by atoms with Crippen LogP contribution in [0.25, 0.3) is 17.1 Å². The summed E-state index contributed by atoms with van der Waals surface area (Å²) in [6.45, 7) is 0.124. The fourth-order valence-electron chi connectivity index (χ4n) is 2.96. The van der Waals surface area contributed by atoms with E-state index >= 15 is 0 Å². The van der Waals surface area contributed by atoms with Crippen molar-refractivity contribution in [3.05, 3.63) is 82.8 Å². The van der Waals surface area contributed by atoms with Gasteiger partial charge in [0.25, 0.3) is 0 Å². The average Bonchev–Trinajstić information content (AvgIpc) is 3.21. The number of hydrogen-bond donors (Lipinski definition) is 1. The van der Waals surface area contributed by atoms with Gasteiger partial charge in [0.1, 0.15) is 18.0 Å². The number of ether oxygens (including phenoxy) is 1. The van der Waals surface area contributed by atoms with Crippen LogP contribution in [0, 0.1) is 0 Å². The third-order valence-electron chi connectivity index (χ3n) is 4.38. The second-order valence-corrected chi connectivity index (χ2v) is 6.64. The first-order chi connectivity index (χ1) is 14.6. The van der Waals surface area contributed by atoms with Crippen LogP contribution in [0.1, 0.15) is 11.3 Å². The van der Waals surface area contributed by atoms with E-state index in [4.69, 9.17) is 9.84 Å². The van der Waals surface area contributed by atoms with Crippen molar-refractivity contribution in [3.63, 3.8) is 0 Å². The van der Waals surface area contributed by atoms with Crippen LogP contribution in [0.15, 0.2) is 66.1 Å². The van der Waals surface area contributed by atoms with E-state index < -0.39 is 0 Å². The van der Waals surface area contributed by atoms with Crippen LogP contribution in [-0.2, 0) is 13.5 Å². The molecule has 0 bridgehead atoms. The molecular weight excluding hydrogens is 384 g/mol. The number of hydrogen-bond acceptors (Lipinski definition) is 7. The predicted octanol–water partition coefficient (Wildman–Crippen LogP) is 1.38. The van der Waals surface area contributed by atoms with Crippen molar-refractivity contribution < 1.29 is 9.84 Å². The Morgan fingerprint density at radius 2 is 1.97 bits per heavy atom. The molecule has 1 N–H and O–H groups in total. The van der Waals surface area contributed by atoms with E-state index in [1.165, 1.54) is 6.07 Å². The van der Waals surface area contributed by atoms with Crippen LogP contribution >= 0.6 is 0 Å². The Labute approximate surface area is 172 Å². The Kier molecular flexibility index (Phi) is 5.62. The van der Waals surface area contributed by atoms with Gasteiger partial charge in [-0.2, -0.15) is 10.2 Å². The van der Waals surface area contributed by atoms with Gasteiger partial charge in [0.2, 0.25) is 5.43 Å². The van der Waals surface area contributed by atoms with Gasteiger partial charge in [-0.3, -0.25) is 9.48 Å². The number of nitrogens with zero attached hydrogens (tertiary/aromatic N) is 6. The topological polar surface area (TPSA) is 108 Å². The lowest BCUT2D eigenvalue weighted by molar-refractivity contribution is 0.200. The highest BCUT2D eigenvalue weighted by atomic mass is 16.5. The molecular formula is C21H20N6O3. The van der Waals surface area contributed by atoms with E-state index in [9.17, 15) is 4.79 Å². The molecule has 0 saturated carbocycles. The second-order valence-electron chi connectivity index (χ2n) is 6.64. The molecule has 9 heteroatoms. The van der Waals surface area contributed by atoms with E-state index in [2.05, 4.69) is 20.2 Å². The molecule has 0 aliphatic heterocycles. The lowest BCUT2D eigenvalue weighted by Crippen LogP contribution is -2.16. The highest BCUT2D eigenvalue weighted by molar-refractivity contribution is 5.56. The van der Waals surface area contributed by atoms with Crippen molar-refractivity contribution in [2.24, 2.45) is 7.05 Å². The highest BCUT2D eigenvalue weighted by Crippen LogP contribution is 2.19. The standard InChI is InChI=1S/C21H20N6O3/c1-26-14-17(11-24-26)27-6-5-20(29)19(25-27)10-15-3-2-4-16(9-15)21-22-12-18(13-23-21)30-8-7-28/h2-6,9,11-14,28H,7-8,10H2,1H3. The van der Waals surface area contributed by atoms with Gasteiger partial charge in [0, 0.05) is 31.3 Å². The van der Waals surface area contributed by atoms with Crippen LogP contribution < -0.4 is 10.2 Å². The zero-order valence-corrected chi connectivity index (χ0v) is 16.3. The van der Waals surface area contributed by atoms with Crippen molar-refractivity contribution >= 4 is 0 Å². The van der Waals surface area contributed by atoms with E-state index in [-0.39, 0.29) is 18.6 Å². The molecule has 152 valence electrons. The fraction of sp³-hybridized carbons (Fsp3) is 0.190. The van der Waals surface area contributed by atoms with E-state index in [0.717, 1.165) is 16.8 Å². The van der Waals surface area contributed by atoms with Crippen molar-refractivity contribution in [1.29, 1.82) is 0 Å². The molecule has 30 heavy (non-hydrogen) atoms. The summed E-state index contributed by atoms with van der Waals surface area (Å²) in [5, 5.41) is 17.4. The maximum atomic E-state index is 12.3. The van der Waals surface area contributed by atoms with E-state index in [1.54, 1.807) is 34.2 Å². The summed E-state index contributed by atoms with van der Waals surface area (Å²) in [5.41, 5.74) is 2.84. The minimum Gasteiger partial charge on any atom is -0.488 e. The Balaban J connectivity index is 1.57. The minimum atomic E-state index is -0.123. The van der Waals surface area contributed by atoms with Crippen molar-refractivity contribution in [3.8, 4) is 22.8 Å². The Morgan fingerprint density at radius 3 is 2.70 bits per heavy atom. The lowest BCUT2D eigenvalue weighted by Gasteiger charge is -2.07. The van der Waals surface area contributed by atoms with Gasteiger partial charge in [-0.05, 0) is 11.6 Å². The van der Waals surface area contributed by atoms with Gasteiger partial charge in [-0.1, -0.05) is 18.2 Å². The van der Waals surface area contributed by atoms with Gasteiger partial charge in [0.15, 0.2) is 11.6 Å². The highest BCUT2D eigenvalue weighted by Gasteiger charge is 2.09. The summed E-state index contributed by atoms with van der Waals surface area (Å²) in [6.07, 6.45) is 8.66. The fourth-order valence-corrected chi connectivity index (χ4v) is 2.96. The largest absolute Gasteiger partial charge is 0.488 e. The van der Waals surface area contributed by atoms with Crippen LogP contribution in [0.5, 0.6) is 5.75 Å². The van der Waals surface area contributed by atoms with E-state index in [1.807, 2.05) is 37.5 Å². The Hall–Kier alpha value is -3.85. The predicted molar refractivity (Wildman–Crippen MR) is 109 cm³/mol. The van der Waals surface area contributed by atoms with Gasteiger partial charge in [0.05, 0.1) is 31.4 Å². The number of rotatable bonds is 7. The molecule has 0 unspecified atom stereocenters. The summed E-state index contributed by atoms with van der Waals surface area (Å²) in [5.74, 6) is 1.04. The smallest absolute Gasteiger partial charge is 0.203 e. The first kappa shape index (κ1) is 19.5. The third kappa shape index (κ3) is 4.41. The molecule has 4 rings (SSSR count). The van der Waals surface area contributed by atoms with Crippen molar-refractivity contribution in [2.45, 2.75) is 6.42 Å². The first-order valence-corrected chi connectivity index (χ1v) is 9.35. The Bertz CT molecular complexity index is 1200. The van der Waals surface area contributed by atoms with Crippen LogP contribution in [0.3, 0.4) is 0 Å². The molecule has 0 fully saturated rings. The van der Waals surface area contributed by atoms with Gasteiger partial charge in [-0.25, -0.2) is 14.6 Å². The lowest BCUT2D eigenvalue weighted by atomic mass is 10.1. The number of aromatic nitrogens is 6. The molecule has 3 aromatic heterocycles. The molecule has 0 aliphatic rings. The normalized spacial score (nSPS) is 10.9. The molecule has 0 saturated heterocycles. The Morgan fingerprint density at radius 1 is 1.13 bits per heavy atom. The summed E-state index contributed by atoms with van der Waals surface area (Å²) in [4.78, 5) is 21.0. The number of benzene rings is 1. The quantitative estimate of drug-likeness (QED) is 0.496. The SMILES string of the molecule is Cn1cc(-n2ccc(=O)c(Cc3cccc(-c4ncc(OCCO)cn4)c3)n2)cn1. The zero-order chi connectivity index (χ0) is 20.9. The molecule has 0 amide bonds. The molecule has 0 aliphatic carbocycles. The molecule has 0 spiro atoms. The molecule has 1 aromatic carbocycles. The van der Waals surface area contributed by atoms with Crippen molar-refractivity contribution in [1.82, 2.24) is 29.5 Å². The maximum absolute atomic E-state index is 12.3.